The molecule has 6 heteroatoms. The quantitative estimate of drug-likeness (QED) is 0.790. The Morgan fingerprint density at radius 3 is 2.89 bits per heavy atom. The van der Waals surface area contributed by atoms with Gasteiger partial charge in [-0.05, 0) is 19.8 Å². The maximum atomic E-state index is 12.0. The first-order chi connectivity index (χ1) is 8.52. The Morgan fingerprint density at radius 2 is 2.28 bits per heavy atom. The highest BCUT2D eigenvalue weighted by atomic mass is 16.5. The summed E-state index contributed by atoms with van der Waals surface area (Å²) in [6.45, 7) is 5.66. The Morgan fingerprint density at radius 1 is 1.56 bits per heavy atom. The molecule has 18 heavy (non-hydrogen) atoms. The number of hydrogen-bond donors (Lipinski definition) is 2. The number of aliphatic carboxylic acids is 1. The summed E-state index contributed by atoms with van der Waals surface area (Å²) in [6, 6.07) is -0.505. The molecule has 0 bridgehead atoms. The van der Waals surface area contributed by atoms with Gasteiger partial charge in [0.1, 0.15) is 0 Å². The van der Waals surface area contributed by atoms with E-state index in [4.69, 9.17) is 9.84 Å². The van der Waals surface area contributed by atoms with Crippen LogP contribution in [0.2, 0.25) is 0 Å². The first kappa shape index (κ1) is 14.8. The summed E-state index contributed by atoms with van der Waals surface area (Å²) in [5.74, 6) is -0.894. The van der Waals surface area contributed by atoms with Gasteiger partial charge in [0.15, 0.2) is 0 Å². The van der Waals surface area contributed by atoms with Crippen molar-refractivity contribution in [3.63, 3.8) is 0 Å². The number of rotatable bonds is 4. The lowest BCUT2D eigenvalue weighted by Gasteiger charge is -2.25. The number of amides is 2. The molecule has 0 spiro atoms. The van der Waals surface area contributed by atoms with Crippen LogP contribution in [0, 0.1) is 0 Å². The largest absolute Gasteiger partial charge is 0.481 e. The van der Waals surface area contributed by atoms with E-state index in [1.165, 1.54) is 0 Å². The number of carboxylic acids is 1. The minimum atomic E-state index is -0.894. The summed E-state index contributed by atoms with van der Waals surface area (Å²) in [7, 11) is 0. The van der Waals surface area contributed by atoms with Crippen LogP contribution in [-0.4, -0.2) is 53.8 Å². The standard InChI is InChI=1S/C12H22N2O4/c1-3-10(7-11(15)16)13-12(17)14-5-4-6-18-9(2)8-14/h9-10H,3-8H2,1-2H3,(H,13,17)(H,15,16). The fraction of sp³-hybridized carbons (Fsp3) is 0.833. The molecule has 1 rings (SSSR count). The monoisotopic (exact) mass is 258 g/mol. The van der Waals surface area contributed by atoms with Gasteiger partial charge in [0.2, 0.25) is 0 Å². The van der Waals surface area contributed by atoms with E-state index in [1.54, 1.807) is 4.90 Å². The Hall–Kier alpha value is -1.30. The first-order valence-electron chi connectivity index (χ1n) is 6.41. The Labute approximate surface area is 107 Å². The molecule has 1 heterocycles. The number of nitrogens with zero attached hydrogens (tertiary/aromatic N) is 1. The molecule has 0 aromatic heterocycles. The van der Waals surface area contributed by atoms with E-state index in [0.717, 1.165) is 6.42 Å². The van der Waals surface area contributed by atoms with Gasteiger partial charge in [-0.3, -0.25) is 4.79 Å². The molecule has 1 saturated heterocycles. The molecule has 0 aromatic carbocycles. The van der Waals surface area contributed by atoms with Crippen molar-refractivity contribution in [2.75, 3.05) is 19.7 Å². The minimum absolute atomic E-state index is 0.0257. The highest BCUT2D eigenvalue weighted by Crippen LogP contribution is 2.07. The zero-order valence-corrected chi connectivity index (χ0v) is 11.0. The second kappa shape index (κ2) is 7.20. The molecule has 0 aliphatic carbocycles. The molecule has 1 aliphatic heterocycles. The normalized spacial score (nSPS) is 22.1. The van der Waals surface area contributed by atoms with Crippen LogP contribution in [0.15, 0.2) is 0 Å². The van der Waals surface area contributed by atoms with Gasteiger partial charge in [-0.15, -0.1) is 0 Å². The predicted octanol–water partition coefficient (Wildman–Crippen LogP) is 1.06. The number of carboxylic acid groups (broad SMARTS) is 1. The van der Waals surface area contributed by atoms with E-state index in [2.05, 4.69) is 5.32 Å². The fourth-order valence-corrected chi connectivity index (χ4v) is 1.95. The van der Waals surface area contributed by atoms with Crippen LogP contribution >= 0.6 is 0 Å². The maximum Gasteiger partial charge on any atom is 0.317 e. The van der Waals surface area contributed by atoms with Crippen LogP contribution in [0.3, 0.4) is 0 Å². The lowest BCUT2D eigenvalue weighted by molar-refractivity contribution is -0.137. The van der Waals surface area contributed by atoms with Gasteiger partial charge in [-0.1, -0.05) is 6.92 Å². The molecular weight excluding hydrogens is 236 g/mol. The van der Waals surface area contributed by atoms with Crippen molar-refractivity contribution in [1.82, 2.24) is 10.2 Å². The van der Waals surface area contributed by atoms with Gasteiger partial charge >= 0.3 is 12.0 Å². The molecule has 2 atom stereocenters. The van der Waals surface area contributed by atoms with Crippen LogP contribution in [0.1, 0.15) is 33.1 Å². The van der Waals surface area contributed by atoms with Crippen molar-refractivity contribution in [2.24, 2.45) is 0 Å². The number of nitrogens with one attached hydrogen (secondary N) is 1. The van der Waals surface area contributed by atoms with E-state index < -0.39 is 5.97 Å². The molecule has 0 saturated carbocycles. The molecule has 2 amide bonds. The lowest BCUT2D eigenvalue weighted by atomic mass is 10.1. The predicted molar refractivity (Wildman–Crippen MR) is 66.5 cm³/mol. The number of hydrogen-bond acceptors (Lipinski definition) is 3. The minimum Gasteiger partial charge on any atom is -0.481 e. The highest BCUT2D eigenvalue weighted by Gasteiger charge is 2.22. The third-order valence-electron chi connectivity index (χ3n) is 2.98. The van der Waals surface area contributed by atoms with Crippen LogP contribution < -0.4 is 5.32 Å². The number of carbonyl (C=O) groups excluding carboxylic acids is 1. The number of urea groups is 1. The molecule has 1 aliphatic rings. The van der Waals surface area contributed by atoms with Gasteiger partial charge in [-0.25, -0.2) is 4.79 Å². The maximum absolute atomic E-state index is 12.0. The molecule has 2 N–H and O–H groups in total. The number of carbonyl (C=O) groups is 2. The van der Waals surface area contributed by atoms with Crippen molar-refractivity contribution in [1.29, 1.82) is 0 Å². The van der Waals surface area contributed by atoms with Crippen LogP contribution in [0.5, 0.6) is 0 Å². The first-order valence-corrected chi connectivity index (χ1v) is 6.41. The van der Waals surface area contributed by atoms with E-state index >= 15 is 0 Å². The van der Waals surface area contributed by atoms with Crippen molar-refractivity contribution in [3.8, 4) is 0 Å². The van der Waals surface area contributed by atoms with E-state index in [1.807, 2.05) is 13.8 Å². The van der Waals surface area contributed by atoms with Crippen molar-refractivity contribution >= 4 is 12.0 Å². The molecule has 2 unspecified atom stereocenters. The number of ether oxygens (including phenoxy) is 1. The van der Waals surface area contributed by atoms with Gasteiger partial charge in [0.25, 0.3) is 0 Å². The molecule has 104 valence electrons. The van der Waals surface area contributed by atoms with Crippen LogP contribution in [0.25, 0.3) is 0 Å². The zero-order chi connectivity index (χ0) is 13.5. The molecule has 0 aromatic rings. The molecular formula is C12H22N2O4. The van der Waals surface area contributed by atoms with Crippen LogP contribution in [0.4, 0.5) is 4.79 Å². The van der Waals surface area contributed by atoms with Crippen molar-refractivity contribution in [2.45, 2.75) is 45.3 Å². The lowest BCUT2D eigenvalue weighted by Crippen LogP contribution is -2.47. The molecule has 6 nitrogen and oxygen atoms in total. The SMILES string of the molecule is CCC(CC(=O)O)NC(=O)N1CCCOC(C)C1. The van der Waals surface area contributed by atoms with E-state index in [9.17, 15) is 9.59 Å². The third kappa shape index (κ3) is 4.91. The summed E-state index contributed by atoms with van der Waals surface area (Å²) >= 11 is 0. The zero-order valence-electron chi connectivity index (χ0n) is 11.0. The summed E-state index contributed by atoms with van der Waals surface area (Å²) in [6.07, 6.45) is 1.41. The van der Waals surface area contributed by atoms with Gasteiger partial charge in [-0.2, -0.15) is 0 Å². The van der Waals surface area contributed by atoms with Gasteiger partial charge in [0, 0.05) is 25.7 Å². The topological polar surface area (TPSA) is 78.9 Å². The summed E-state index contributed by atoms with van der Waals surface area (Å²) in [5, 5.41) is 11.5. The Kier molecular flexibility index (Phi) is 5.91. The average molecular weight is 258 g/mol. The summed E-state index contributed by atoms with van der Waals surface area (Å²) < 4.78 is 5.46. The smallest absolute Gasteiger partial charge is 0.317 e. The van der Waals surface area contributed by atoms with E-state index in [-0.39, 0.29) is 24.6 Å². The van der Waals surface area contributed by atoms with Crippen molar-refractivity contribution < 1.29 is 19.4 Å². The second-order valence-electron chi connectivity index (χ2n) is 4.63. The Balaban J connectivity index is 2.48. The van der Waals surface area contributed by atoms with E-state index in [0.29, 0.717) is 26.1 Å². The third-order valence-corrected chi connectivity index (χ3v) is 2.98. The average Bonchev–Trinajstić information content (AvgIpc) is 2.52. The highest BCUT2D eigenvalue weighted by molar-refractivity contribution is 5.76. The molecule has 0 radical (unpaired) electrons. The van der Waals surface area contributed by atoms with Gasteiger partial charge < -0.3 is 20.1 Å². The van der Waals surface area contributed by atoms with Crippen molar-refractivity contribution in [3.05, 3.63) is 0 Å². The fourth-order valence-electron chi connectivity index (χ4n) is 1.95. The summed E-state index contributed by atoms with van der Waals surface area (Å²) in [5.41, 5.74) is 0. The van der Waals surface area contributed by atoms with Crippen LogP contribution in [-0.2, 0) is 9.53 Å². The molecule has 1 fully saturated rings. The van der Waals surface area contributed by atoms with Gasteiger partial charge in [0.05, 0.1) is 12.5 Å². The Bertz CT molecular complexity index is 296. The second-order valence-corrected chi connectivity index (χ2v) is 4.63. The summed E-state index contributed by atoms with van der Waals surface area (Å²) in [4.78, 5) is 24.4.